The summed E-state index contributed by atoms with van der Waals surface area (Å²) < 4.78 is 20.5. The average molecular weight is 1390 g/mol. The number of amides is 6. The van der Waals surface area contributed by atoms with E-state index in [2.05, 4.69) is 44.4 Å². The Labute approximate surface area is 600 Å². The predicted molar refractivity (Wildman–Crippen MR) is 399 cm³/mol. The molecule has 6 aliphatic heterocycles. The topological polar surface area (TPSA) is 330 Å². The number of nitrogens with zero attached hydrogens (tertiary/aromatic N) is 6. The molecule has 0 bridgehead atoms. The summed E-state index contributed by atoms with van der Waals surface area (Å²) in [4.78, 5) is 88.9. The van der Waals surface area contributed by atoms with Crippen LogP contribution in [0.4, 0.5) is 32.3 Å². The van der Waals surface area contributed by atoms with Crippen LogP contribution < -0.4 is 41.4 Å². The van der Waals surface area contributed by atoms with Crippen LogP contribution in [-0.4, -0.2) is 185 Å². The van der Waals surface area contributed by atoms with E-state index in [1.807, 2.05) is 46.2 Å². The van der Waals surface area contributed by atoms with E-state index in [-0.39, 0.29) is 67.4 Å². The van der Waals surface area contributed by atoms with Crippen LogP contribution in [0.15, 0.2) is 133 Å². The summed E-state index contributed by atoms with van der Waals surface area (Å²) >= 11 is 0. The zero-order valence-corrected chi connectivity index (χ0v) is 57.5. The Morgan fingerprint density at radius 2 is 0.922 bits per heavy atom. The van der Waals surface area contributed by atoms with Crippen LogP contribution in [0, 0.1) is 57.2 Å². The summed E-state index contributed by atoms with van der Waals surface area (Å²) in [5.74, 6) is 5.90. The summed E-state index contributed by atoms with van der Waals surface area (Å²) in [5.41, 5.74) is 22.7. The van der Waals surface area contributed by atoms with Crippen LogP contribution in [0.5, 0.6) is 11.5 Å². The minimum Gasteiger partial charge on any atom is -0.495 e. The molecule has 2 atom stereocenters. The molecule has 6 aromatic rings. The summed E-state index contributed by atoms with van der Waals surface area (Å²) in [5, 5.41) is 38.4. The first-order valence-corrected chi connectivity index (χ1v) is 33.6. The predicted octanol–water partition coefficient (Wildman–Crippen LogP) is 8.84. The molecule has 24 nitrogen and oxygen atoms in total. The quantitative estimate of drug-likeness (QED) is 0.0194. The molecule has 103 heavy (non-hydrogen) atoms. The van der Waals surface area contributed by atoms with E-state index in [1.165, 1.54) is 21.2 Å². The van der Waals surface area contributed by atoms with E-state index in [0.29, 0.717) is 183 Å². The molecule has 2 spiro atoms. The number of methoxy groups -OCH3 is 2. The molecule has 0 aromatic heterocycles. The Kier molecular flexibility index (Phi) is 22.8. The van der Waals surface area contributed by atoms with Gasteiger partial charge >= 0.3 is 12.2 Å². The number of carbonyl (C=O) groups is 6. The first kappa shape index (κ1) is 73.8. The second-order valence-corrected chi connectivity index (χ2v) is 26.0. The van der Waals surface area contributed by atoms with Crippen molar-refractivity contribution in [2.75, 3.05) is 128 Å². The molecule has 532 valence electrons. The van der Waals surface area contributed by atoms with Crippen LogP contribution >= 0.6 is 0 Å². The Morgan fingerprint density at radius 1 is 0.515 bits per heavy atom. The van der Waals surface area contributed by atoms with Crippen molar-refractivity contribution in [3.05, 3.63) is 189 Å². The molecule has 4 saturated heterocycles. The lowest BCUT2D eigenvalue weighted by Gasteiger charge is -2.29. The van der Waals surface area contributed by atoms with Gasteiger partial charge in [-0.3, -0.25) is 50.6 Å². The highest BCUT2D eigenvalue weighted by molar-refractivity contribution is 6.16. The van der Waals surface area contributed by atoms with Crippen molar-refractivity contribution in [3.63, 3.8) is 0 Å². The number of nitrogens with one attached hydrogen (secondary N) is 6. The smallest absolute Gasteiger partial charge is 0.413 e. The third kappa shape index (κ3) is 15.9. The Hall–Kier alpha value is -11.9. The van der Waals surface area contributed by atoms with Gasteiger partial charge in [0.15, 0.2) is 0 Å². The molecule has 24 heteroatoms. The summed E-state index contributed by atoms with van der Waals surface area (Å²) in [6.45, 7) is 6.13. The standard InChI is InChI=1S/2C39H41N7O5.CH4/c1-4-25-5-10-29(21-33(25)50-3)35(41)31-22-30(11-12-32(31)40)46-20-16-39(37(46)48)15-19-44(24-39)23-34(47)45-17-13-27(14-18-45)26-6-8-28(9-7-26)36(42)51-38(49)43-2;1-4-25-21-29(9-12-33(25)50-3)35(41)31-22-30(10-11-32(31)40)46-20-16-39(37(46)48)15-19-44(24-39)23-34(47)45-17-13-27(14-18-45)26-5-7-28(8-6-26)36(42)51-38(49)43-2;/h2*1,5-13,21-22,41-42H,14-20,23-24,40H2,2-3H3,(H,43,49);1H4/t2*39-;/m00./s1. The zero-order valence-electron chi connectivity index (χ0n) is 57.5. The lowest BCUT2D eigenvalue weighted by Crippen LogP contribution is -2.43. The third-order valence-corrected chi connectivity index (χ3v) is 20.1. The normalized spacial score (nSPS) is 18.5. The number of likely N-dealkylation sites (tertiary alicyclic amines) is 2. The van der Waals surface area contributed by atoms with Gasteiger partial charge in [-0.1, -0.05) is 61.8 Å². The number of ether oxygens (including phenoxy) is 4. The maximum Gasteiger partial charge on any atom is 0.413 e. The highest BCUT2D eigenvalue weighted by Crippen LogP contribution is 2.45. The maximum absolute atomic E-state index is 14.0. The van der Waals surface area contributed by atoms with Gasteiger partial charge in [0.05, 0.1) is 60.7 Å². The number of benzene rings is 6. The summed E-state index contributed by atoms with van der Waals surface area (Å²) in [7, 11) is 5.94. The van der Waals surface area contributed by atoms with E-state index in [4.69, 9.17) is 64.9 Å². The summed E-state index contributed by atoms with van der Waals surface area (Å²) in [6.07, 6.45) is 18.1. The Balaban J connectivity index is 0.000000219. The monoisotopic (exact) mass is 1390 g/mol. The molecule has 0 unspecified atom stereocenters. The fourth-order valence-electron chi connectivity index (χ4n) is 14.2. The number of nitrogens with two attached hydrogens (primary N) is 2. The van der Waals surface area contributed by atoms with Crippen LogP contribution in [0.1, 0.15) is 102 Å². The number of terminal acetylenes is 2. The van der Waals surface area contributed by atoms with Crippen molar-refractivity contribution in [3.8, 4) is 36.2 Å². The zero-order chi connectivity index (χ0) is 72.6. The van der Waals surface area contributed by atoms with Gasteiger partial charge in [-0.05, 0) is 165 Å². The fourth-order valence-corrected chi connectivity index (χ4v) is 14.2. The van der Waals surface area contributed by atoms with Crippen molar-refractivity contribution in [2.45, 2.75) is 46.0 Å². The van der Waals surface area contributed by atoms with Crippen molar-refractivity contribution < 1.29 is 47.7 Å². The first-order chi connectivity index (χ1) is 49.1. The number of carbonyl (C=O) groups excluding carboxylic acids is 6. The molecule has 6 aromatic carbocycles. The van der Waals surface area contributed by atoms with Crippen molar-refractivity contribution >= 4 is 92.9 Å². The molecule has 6 heterocycles. The van der Waals surface area contributed by atoms with E-state index in [0.717, 1.165) is 22.3 Å². The molecule has 4 fully saturated rings. The molecule has 10 N–H and O–H groups in total. The molecular formula is C79H86N14O10. The molecule has 0 radical (unpaired) electrons. The molecule has 0 saturated carbocycles. The lowest BCUT2D eigenvalue weighted by molar-refractivity contribution is -0.133. The fraction of sp³-hybridized carbons (Fsp3) is 0.316. The molecule has 6 aliphatic rings. The van der Waals surface area contributed by atoms with Gasteiger partial charge in [-0.25, -0.2) is 9.59 Å². The van der Waals surface area contributed by atoms with Crippen LogP contribution in [0.3, 0.4) is 0 Å². The lowest BCUT2D eigenvalue weighted by atomic mass is 9.85. The Bertz CT molecular complexity index is 4530. The van der Waals surface area contributed by atoms with Crippen LogP contribution in [0.25, 0.3) is 11.1 Å². The van der Waals surface area contributed by atoms with E-state index >= 15 is 0 Å². The van der Waals surface area contributed by atoms with Crippen molar-refractivity contribution in [1.82, 2.24) is 30.2 Å². The summed E-state index contributed by atoms with van der Waals surface area (Å²) in [6, 6.07) is 35.6. The van der Waals surface area contributed by atoms with Crippen LogP contribution in [-0.2, 0) is 28.7 Å². The minimum absolute atomic E-state index is 0. The average Bonchev–Trinajstić information content (AvgIpc) is 1.63. The number of hydrogen-bond donors (Lipinski definition) is 8. The minimum atomic E-state index is -0.692. The molecule has 0 aliphatic carbocycles. The Morgan fingerprint density at radius 3 is 1.32 bits per heavy atom. The van der Waals surface area contributed by atoms with E-state index in [1.54, 1.807) is 102 Å². The third-order valence-electron chi connectivity index (χ3n) is 20.1. The second kappa shape index (κ2) is 31.8. The van der Waals surface area contributed by atoms with Crippen LogP contribution in [0.2, 0.25) is 0 Å². The van der Waals surface area contributed by atoms with Gasteiger partial charge in [-0.15, -0.1) is 12.8 Å². The van der Waals surface area contributed by atoms with Gasteiger partial charge in [0.1, 0.15) is 11.5 Å². The van der Waals surface area contributed by atoms with Gasteiger partial charge < -0.3 is 60.6 Å². The van der Waals surface area contributed by atoms with Gasteiger partial charge in [-0.2, -0.15) is 0 Å². The number of rotatable bonds is 16. The molecule has 12 rings (SSSR count). The van der Waals surface area contributed by atoms with Gasteiger partial charge in [0, 0.05) is 123 Å². The van der Waals surface area contributed by atoms with Gasteiger partial charge in [0.2, 0.25) is 35.4 Å². The van der Waals surface area contributed by atoms with E-state index < -0.39 is 23.0 Å². The number of hydrogen-bond acceptors (Lipinski definition) is 18. The highest BCUT2D eigenvalue weighted by Gasteiger charge is 2.53. The second-order valence-electron chi connectivity index (χ2n) is 26.0. The number of anilines is 4. The number of nitrogen functional groups attached to an aromatic ring is 2. The number of alkyl carbamates (subject to hydrolysis) is 2. The van der Waals surface area contributed by atoms with Crippen molar-refractivity contribution in [2.24, 2.45) is 10.8 Å². The van der Waals surface area contributed by atoms with Crippen molar-refractivity contribution in [1.29, 1.82) is 21.6 Å². The molecule has 6 amide bonds. The highest BCUT2D eigenvalue weighted by atomic mass is 16.6. The van der Waals surface area contributed by atoms with Gasteiger partial charge in [0.25, 0.3) is 0 Å². The first-order valence-electron chi connectivity index (χ1n) is 33.6. The SMILES string of the molecule is C.C#Cc1cc(C(=N)c2cc(N3CC[C@]4(CCN(CC(=O)N5CC=C(c6ccc(C(=N)OC(=O)NC)cc6)CC5)C4)C3=O)ccc2N)ccc1OC.C#Cc1ccc(C(=N)c2cc(N3CC[C@]4(CCN(CC(=O)N5CC=C(c6ccc(C(=N)OC(=O)NC)cc6)CC5)C4)C3=O)ccc2N)cc1OC. The maximum atomic E-state index is 14.0. The molecular weight excluding hydrogens is 1300 g/mol. The largest absolute Gasteiger partial charge is 0.495 e. The van der Waals surface area contributed by atoms with E-state index in [9.17, 15) is 28.8 Å².